The van der Waals surface area contributed by atoms with Gasteiger partial charge in [-0.3, -0.25) is 14.5 Å². The Morgan fingerprint density at radius 1 is 1.42 bits per heavy atom. The number of nitro groups is 1. The van der Waals surface area contributed by atoms with E-state index in [0.29, 0.717) is 17.2 Å². The van der Waals surface area contributed by atoms with Crippen molar-refractivity contribution in [3.8, 4) is 11.5 Å². The lowest BCUT2D eigenvalue weighted by Gasteiger charge is -1.97. The highest BCUT2D eigenvalue weighted by Crippen LogP contribution is 2.30. The summed E-state index contributed by atoms with van der Waals surface area (Å²) >= 11 is 0. The van der Waals surface area contributed by atoms with E-state index in [0.717, 1.165) is 5.56 Å². The van der Waals surface area contributed by atoms with Crippen molar-refractivity contribution in [1.82, 2.24) is 9.38 Å². The molecule has 0 atom stereocenters. The van der Waals surface area contributed by atoms with Crippen LogP contribution in [0.2, 0.25) is 0 Å². The molecule has 3 rings (SSSR count). The van der Waals surface area contributed by atoms with Crippen molar-refractivity contribution in [2.24, 2.45) is 0 Å². The molecule has 0 saturated heterocycles. The predicted molar refractivity (Wildman–Crippen MR) is 68.7 cm³/mol. The lowest BCUT2D eigenvalue weighted by molar-refractivity contribution is -0.401. The quantitative estimate of drug-likeness (QED) is 0.562. The fraction of sp³-hybridized carbons (Fsp3) is 0.0833. The van der Waals surface area contributed by atoms with Gasteiger partial charge in [-0.1, -0.05) is 6.07 Å². The Kier molecular flexibility index (Phi) is 2.28. The fourth-order valence-corrected chi connectivity index (χ4v) is 1.96. The summed E-state index contributed by atoms with van der Waals surface area (Å²) in [7, 11) is 0. The molecule has 3 aromatic rings. The van der Waals surface area contributed by atoms with Gasteiger partial charge in [-0.15, -0.1) is 0 Å². The first kappa shape index (κ1) is 11.3. The van der Waals surface area contributed by atoms with Gasteiger partial charge in [0.05, 0.1) is 6.07 Å². The van der Waals surface area contributed by atoms with Crippen molar-refractivity contribution in [2.45, 2.75) is 6.92 Å². The fourth-order valence-electron chi connectivity index (χ4n) is 1.96. The van der Waals surface area contributed by atoms with Gasteiger partial charge in [-0.2, -0.15) is 0 Å². The summed E-state index contributed by atoms with van der Waals surface area (Å²) in [5.41, 5.74) is 8.06. The number of hydrogen-bond donors (Lipinski definition) is 1. The largest absolute Gasteiger partial charge is 0.433 e. The van der Waals surface area contributed by atoms with Crippen LogP contribution in [-0.4, -0.2) is 14.3 Å². The molecule has 0 saturated carbocycles. The Hall–Kier alpha value is -2.83. The monoisotopic (exact) mass is 258 g/mol. The molecular weight excluding hydrogens is 248 g/mol. The van der Waals surface area contributed by atoms with Crippen molar-refractivity contribution in [1.29, 1.82) is 0 Å². The summed E-state index contributed by atoms with van der Waals surface area (Å²) in [6.45, 7) is 1.91. The van der Waals surface area contributed by atoms with Crippen LogP contribution in [0.25, 0.3) is 17.1 Å². The summed E-state index contributed by atoms with van der Waals surface area (Å²) in [5.74, 6) is 0.346. The molecule has 0 aliphatic heterocycles. The summed E-state index contributed by atoms with van der Waals surface area (Å²) in [6, 6.07) is 6.54. The summed E-state index contributed by atoms with van der Waals surface area (Å²) in [6.07, 6.45) is 1.78. The van der Waals surface area contributed by atoms with Gasteiger partial charge in [0.25, 0.3) is 0 Å². The van der Waals surface area contributed by atoms with E-state index in [4.69, 9.17) is 10.2 Å². The van der Waals surface area contributed by atoms with Crippen LogP contribution in [0.1, 0.15) is 5.56 Å². The molecule has 7 heteroatoms. The number of imidazole rings is 1. The maximum atomic E-state index is 10.6. The van der Waals surface area contributed by atoms with Crippen molar-refractivity contribution in [3.63, 3.8) is 0 Å². The number of aromatic nitrogens is 2. The molecule has 0 aliphatic rings. The van der Waals surface area contributed by atoms with E-state index in [1.807, 2.05) is 19.1 Å². The molecule has 7 nitrogen and oxygen atoms in total. The minimum absolute atomic E-state index is 0.285. The first-order valence-electron chi connectivity index (χ1n) is 5.55. The SMILES string of the molecule is Cc1cccn2c(N)c(-c3ccc([N+](=O)[O-])o3)nc12. The third-order valence-corrected chi connectivity index (χ3v) is 2.89. The normalized spacial score (nSPS) is 11.0. The van der Waals surface area contributed by atoms with E-state index in [1.165, 1.54) is 12.1 Å². The van der Waals surface area contributed by atoms with E-state index in [2.05, 4.69) is 4.98 Å². The molecular formula is C12H10N4O3. The van der Waals surface area contributed by atoms with Crippen LogP contribution in [0.3, 0.4) is 0 Å². The molecule has 2 N–H and O–H groups in total. The molecule has 3 aromatic heterocycles. The Morgan fingerprint density at radius 2 is 2.21 bits per heavy atom. The van der Waals surface area contributed by atoms with Crippen LogP contribution in [0.15, 0.2) is 34.9 Å². The molecule has 0 bridgehead atoms. The van der Waals surface area contributed by atoms with Gasteiger partial charge in [0.15, 0.2) is 5.76 Å². The number of nitrogens with zero attached hydrogens (tertiary/aromatic N) is 3. The number of nitrogen functional groups attached to an aromatic ring is 1. The van der Waals surface area contributed by atoms with Crippen molar-refractivity contribution in [2.75, 3.05) is 5.73 Å². The first-order chi connectivity index (χ1) is 9.08. The van der Waals surface area contributed by atoms with E-state index in [1.54, 1.807) is 10.6 Å². The number of pyridine rings is 1. The van der Waals surface area contributed by atoms with E-state index in [-0.39, 0.29) is 11.6 Å². The highest BCUT2D eigenvalue weighted by Gasteiger charge is 2.19. The van der Waals surface area contributed by atoms with Crippen molar-refractivity contribution < 1.29 is 9.34 Å². The smallest absolute Gasteiger partial charge is 0.399 e. The van der Waals surface area contributed by atoms with Gasteiger partial charge < -0.3 is 10.2 Å². The Labute approximate surface area is 107 Å². The van der Waals surface area contributed by atoms with Gasteiger partial charge in [0, 0.05) is 6.20 Å². The average molecular weight is 258 g/mol. The van der Waals surface area contributed by atoms with Crippen LogP contribution < -0.4 is 5.73 Å². The molecule has 0 aliphatic carbocycles. The molecule has 0 unspecified atom stereocenters. The average Bonchev–Trinajstić information content (AvgIpc) is 2.96. The summed E-state index contributed by atoms with van der Waals surface area (Å²) in [5, 5.41) is 10.6. The van der Waals surface area contributed by atoms with Gasteiger partial charge in [0.1, 0.15) is 22.1 Å². The van der Waals surface area contributed by atoms with Crippen LogP contribution in [-0.2, 0) is 0 Å². The number of hydrogen-bond acceptors (Lipinski definition) is 5. The van der Waals surface area contributed by atoms with Crippen LogP contribution in [0.4, 0.5) is 11.7 Å². The van der Waals surface area contributed by atoms with Gasteiger partial charge in [-0.05, 0) is 24.6 Å². The second-order valence-electron chi connectivity index (χ2n) is 4.13. The third-order valence-electron chi connectivity index (χ3n) is 2.89. The molecule has 96 valence electrons. The minimum atomic E-state index is -0.596. The second-order valence-corrected chi connectivity index (χ2v) is 4.13. The summed E-state index contributed by atoms with van der Waals surface area (Å²) < 4.78 is 6.85. The lowest BCUT2D eigenvalue weighted by Crippen LogP contribution is -1.94. The van der Waals surface area contributed by atoms with Crippen LogP contribution >= 0.6 is 0 Å². The Bertz CT molecular complexity index is 787. The minimum Gasteiger partial charge on any atom is -0.399 e. The number of fused-ring (bicyclic) bond motifs is 1. The maximum absolute atomic E-state index is 10.6. The predicted octanol–water partition coefficient (Wildman–Crippen LogP) is 2.39. The number of furan rings is 1. The maximum Gasteiger partial charge on any atom is 0.433 e. The van der Waals surface area contributed by atoms with Crippen molar-refractivity contribution in [3.05, 3.63) is 46.1 Å². The standard InChI is InChI=1S/C12H10N4O3/c1-7-3-2-6-15-11(13)10(14-12(7)15)8-4-5-9(19-8)16(17)18/h2-6H,13H2,1H3. The first-order valence-corrected chi connectivity index (χ1v) is 5.55. The van der Waals surface area contributed by atoms with Gasteiger partial charge in [0.2, 0.25) is 0 Å². The third kappa shape index (κ3) is 1.63. The molecule has 0 amide bonds. The van der Waals surface area contributed by atoms with E-state index < -0.39 is 4.92 Å². The van der Waals surface area contributed by atoms with Crippen LogP contribution in [0, 0.1) is 17.0 Å². The molecule has 3 heterocycles. The Morgan fingerprint density at radius 3 is 2.84 bits per heavy atom. The molecule has 0 radical (unpaired) electrons. The zero-order valence-corrected chi connectivity index (χ0v) is 10.0. The Balaban J connectivity index is 2.22. The highest BCUT2D eigenvalue weighted by atomic mass is 16.6. The summed E-state index contributed by atoms with van der Waals surface area (Å²) in [4.78, 5) is 14.4. The lowest BCUT2D eigenvalue weighted by atomic mass is 10.3. The zero-order chi connectivity index (χ0) is 13.6. The van der Waals surface area contributed by atoms with E-state index >= 15 is 0 Å². The second kappa shape index (κ2) is 3.84. The zero-order valence-electron chi connectivity index (χ0n) is 10.0. The van der Waals surface area contributed by atoms with Crippen molar-refractivity contribution >= 4 is 17.3 Å². The number of aryl methyl sites for hydroxylation is 1. The van der Waals surface area contributed by atoms with E-state index in [9.17, 15) is 10.1 Å². The van der Waals surface area contributed by atoms with Gasteiger partial charge >= 0.3 is 5.88 Å². The topological polar surface area (TPSA) is 99.6 Å². The molecule has 0 fully saturated rings. The number of rotatable bonds is 2. The number of nitrogens with two attached hydrogens (primary N) is 1. The number of anilines is 1. The molecule has 0 aromatic carbocycles. The molecule has 0 spiro atoms. The van der Waals surface area contributed by atoms with Crippen LogP contribution in [0.5, 0.6) is 0 Å². The molecule has 19 heavy (non-hydrogen) atoms. The van der Waals surface area contributed by atoms with Gasteiger partial charge in [-0.25, -0.2) is 4.98 Å². The highest BCUT2D eigenvalue weighted by molar-refractivity contribution is 5.73.